The zero-order chi connectivity index (χ0) is 16.2. The SMILES string of the molecule is CCOCCOc1cccc(N/C=C(/C#N)C(=O)OCC)c1. The summed E-state index contributed by atoms with van der Waals surface area (Å²) < 4.78 is 15.5. The number of esters is 1. The van der Waals surface area contributed by atoms with E-state index in [9.17, 15) is 4.79 Å². The molecule has 0 spiro atoms. The molecule has 0 saturated carbocycles. The molecule has 6 nitrogen and oxygen atoms in total. The summed E-state index contributed by atoms with van der Waals surface area (Å²) in [4.78, 5) is 11.5. The summed E-state index contributed by atoms with van der Waals surface area (Å²) in [6.07, 6.45) is 1.32. The molecule has 0 radical (unpaired) electrons. The summed E-state index contributed by atoms with van der Waals surface area (Å²) in [5.74, 6) is 0.0226. The maximum absolute atomic E-state index is 11.5. The van der Waals surface area contributed by atoms with Gasteiger partial charge < -0.3 is 19.5 Å². The number of anilines is 1. The lowest BCUT2D eigenvalue weighted by atomic mass is 10.3. The minimum atomic E-state index is -0.651. The highest BCUT2D eigenvalue weighted by molar-refractivity contribution is 5.93. The molecule has 1 aromatic rings. The second-order valence-corrected chi connectivity index (χ2v) is 4.11. The molecule has 0 amide bonds. The van der Waals surface area contributed by atoms with E-state index in [0.717, 1.165) is 0 Å². The molecule has 1 rings (SSSR count). The lowest BCUT2D eigenvalue weighted by Gasteiger charge is -2.08. The van der Waals surface area contributed by atoms with Gasteiger partial charge in [-0.15, -0.1) is 0 Å². The predicted molar refractivity (Wildman–Crippen MR) is 82.4 cm³/mol. The Morgan fingerprint density at radius 1 is 1.32 bits per heavy atom. The van der Waals surface area contributed by atoms with Gasteiger partial charge in [0, 0.05) is 24.6 Å². The van der Waals surface area contributed by atoms with Crippen molar-refractivity contribution in [2.24, 2.45) is 0 Å². The molecule has 0 fully saturated rings. The topological polar surface area (TPSA) is 80.6 Å². The standard InChI is InChI=1S/C16H20N2O4/c1-3-20-8-9-22-15-7-5-6-14(10-15)18-12-13(11-17)16(19)21-4-2/h5-7,10,12,18H,3-4,8-9H2,1-2H3/b13-12-. The Bertz CT molecular complexity index is 549. The van der Waals surface area contributed by atoms with Crippen molar-refractivity contribution in [2.75, 3.05) is 31.7 Å². The van der Waals surface area contributed by atoms with Crippen LogP contribution in [-0.4, -0.2) is 32.4 Å². The molecule has 0 aromatic heterocycles. The number of carbonyl (C=O) groups excluding carboxylic acids is 1. The second-order valence-electron chi connectivity index (χ2n) is 4.11. The van der Waals surface area contributed by atoms with Gasteiger partial charge in [-0.25, -0.2) is 4.79 Å². The van der Waals surface area contributed by atoms with Crippen LogP contribution in [0.2, 0.25) is 0 Å². The highest BCUT2D eigenvalue weighted by Gasteiger charge is 2.09. The third kappa shape index (κ3) is 6.29. The van der Waals surface area contributed by atoms with Crippen molar-refractivity contribution in [2.45, 2.75) is 13.8 Å². The lowest BCUT2D eigenvalue weighted by molar-refractivity contribution is -0.138. The van der Waals surface area contributed by atoms with Crippen LogP contribution in [0.5, 0.6) is 5.75 Å². The molecule has 22 heavy (non-hydrogen) atoms. The molecule has 1 N–H and O–H groups in total. The molecule has 0 aliphatic carbocycles. The van der Waals surface area contributed by atoms with Crippen molar-refractivity contribution in [3.8, 4) is 11.8 Å². The molecule has 0 bridgehead atoms. The number of ether oxygens (including phenoxy) is 3. The molecular formula is C16H20N2O4. The fraction of sp³-hybridized carbons (Fsp3) is 0.375. The molecule has 0 aliphatic heterocycles. The number of rotatable bonds is 9. The Morgan fingerprint density at radius 2 is 2.14 bits per heavy atom. The minimum absolute atomic E-state index is 0.0930. The fourth-order valence-electron chi connectivity index (χ4n) is 1.54. The van der Waals surface area contributed by atoms with Gasteiger partial charge in [-0.05, 0) is 26.0 Å². The van der Waals surface area contributed by atoms with Gasteiger partial charge in [-0.1, -0.05) is 6.07 Å². The van der Waals surface area contributed by atoms with E-state index in [1.807, 2.05) is 19.1 Å². The minimum Gasteiger partial charge on any atom is -0.491 e. The van der Waals surface area contributed by atoms with Crippen LogP contribution in [0.3, 0.4) is 0 Å². The number of hydrogen-bond donors (Lipinski definition) is 1. The summed E-state index contributed by atoms with van der Waals surface area (Å²) in [6.45, 7) is 5.47. The molecule has 0 aliphatic rings. The van der Waals surface area contributed by atoms with Crippen molar-refractivity contribution in [1.82, 2.24) is 0 Å². The summed E-state index contributed by atoms with van der Waals surface area (Å²) in [6, 6.07) is 8.99. The first kappa shape index (κ1) is 17.5. The second kappa shape index (κ2) is 10.2. The van der Waals surface area contributed by atoms with E-state index >= 15 is 0 Å². The van der Waals surface area contributed by atoms with Gasteiger partial charge in [0.1, 0.15) is 18.4 Å². The first-order valence-corrected chi connectivity index (χ1v) is 7.05. The Morgan fingerprint density at radius 3 is 2.82 bits per heavy atom. The Labute approximate surface area is 130 Å². The van der Waals surface area contributed by atoms with Gasteiger partial charge in [-0.3, -0.25) is 0 Å². The third-order valence-corrected chi connectivity index (χ3v) is 2.53. The first-order chi connectivity index (χ1) is 10.7. The van der Waals surface area contributed by atoms with Crippen molar-refractivity contribution in [3.05, 3.63) is 36.0 Å². The van der Waals surface area contributed by atoms with Crippen LogP contribution in [0.15, 0.2) is 36.0 Å². The van der Waals surface area contributed by atoms with Crippen LogP contribution < -0.4 is 10.1 Å². The van der Waals surface area contributed by atoms with Crippen LogP contribution in [-0.2, 0) is 14.3 Å². The average Bonchev–Trinajstić information content (AvgIpc) is 2.53. The monoisotopic (exact) mass is 304 g/mol. The van der Waals surface area contributed by atoms with Crippen molar-refractivity contribution in [3.63, 3.8) is 0 Å². The first-order valence-electron chi connectivity index (χ1n) is 7.05. The van der Waals surface area contributed by atoms with E-state index in [1.165, 1.54) is 6.20 Å². The van der Waals surface area contributed by atoms with Gasteiger partial charge in [0.2, 0.25) is 0 Å². The summed E-state index contributed by atoms with van der Waals surface area (Å²) in [5.41, 5.74) is 0.607. The normalized spacial score (nSPS) is 10.7. The molecule has 0 atom stereocenters. The zero-order valence-corrected chi connectivity index (χ0v) is 12.8. The number of nitrogens with one attached hydrogen (secondary N) is 1. The van der Waals surface area contributed by atoms with Crippen molar-refractivity contribution < 1.29 is 19.0 Å². The summed E-state index contributed by atoms with van der Waals surface area (Å²) >= 11 is 0. The van der Waals surface area contributed by atoms with E-state index in [2.05, 4.69) is 5.32 Å². The Balaban J connectivity index is 2.62. The summed E-state index contributed by atoms with van der Waals surface area (Å²) in [7, 11) is 0. The lowest BCUT2D eigenvalue weighted by Crippen LogP contribution is -2.08. The highest BCUT2D eigenvalue weighted by Crippen LogP contribution is 2.17. The van der Waals surface area contributed by atoms with E-state index in [1.54, 1.807) is 25.1 Å². The van der Waals surface area contributed by atoms with Crippen LogP contribution in [0.25, 0.3) is 0 Å². The van der Waals surface area contributed by atoms with E-state index in [0.29, 0.717) is 31.3 Å². The Kier molecular flexibility index (Phi) is 8.16. The van der Waals surface area contributed by atoms with Gasteiger partial charge in [0.15, 0.2) is 5.57 Å². The van der Waals surface area contributed by atoms with E-state index < -0.39 is 5.97 Å². The van der Waals surface area contributed by atoms with Crippen LogP contribution in [0, 0.1) is 11.3 Å². The van der Waals surface area contributed by atoms with E-state index in [-0.39, 0.29) is 12.2 Å². The average molecular weight is 304 g/mol. The molecule has 0 heterocycles. The van der Waals surface area contributed by atoms with Crippen LogP contribution in [0.1, 0.15) is 13.8 Å². The number of carbonyl (C=O) groups is 1. The maximum atomic E-state index is 11.5. The highest BCUT2D eigenvalue weighted by atomic mass is 16.5. The zero-order valence-electron chi connectivity index (χ0n) is 12.8. The molecular weight excluding hydrogens is 284 g/mol. The molecule has 0 unspecified atom stereocenters. The number of nitriles is 1. The van der Waals surface area contributed by atoms with Gasteiger partial charge in [-0.2, -0.15) is 5.26 Å². The van der Waals surface area contributed by atoms with Crippen molar-refractivity contribution in [1.29, 1.82) is 5.26 Å². The number of hydrogen-bond acceptors (Lipinski definition) is 6. The predicted octanol–water partition coefficient (Wildman–Crippen LogP) is 2.48. The molecule has 118 valence electrons. The van der Waals surface area contributed by atoms with Gasteiger partial charge >= 0.3 is 5.97 Å². The van der Waals surface area contributed by atoms with Crippen molar-refractivity contribution >= 4 is 11.7 Å². The van der Waals surface area contributed by atoms with E-state index in [4.69, 9.17) is 19.5 Å². The third-order valence-electron chi connectivity index (χ3n) is 2.53. The molecule has 6 heteroatoms. The van der Waals surface area contributed by atoms with Crippen LogP contribution >= 0.6 is 0 Å². The Hall–Kier alpha value is -2.52. The largest absolute Gasteiger partial charge is 0.491 e. The summed E-state index contributed by atoms with van der Waals surface area (Å²) in [5, 5.41) is 11.8. The number of nitrogens with zero attached hydrogens (tertiary/aromatic N) is 1. The quantitative estimate of drug-likeness (QED) is 0.327. The molecule has 0 saturated heterocycles. The number of benzene rings is 1. The smallest absolute Gasteiger partial charge is 0.350 e. The van der Waals surface area contributed by atoms with Gasteiger partial charge in [0.05, 0.1) is 13.2 Å². The molecule has 1 aromatic carbocycles. The maximum Gasteiger partial charge on any atom is 0.350 e. The van der Waals surface area contributed by atoms with Gasteiger partial charge in [0.25, 0.3) is 0 Å². The fourth-order valence-corrected chi connectivity index (χ4v) is 1.54. The van der Waals surface area contributed by atoms with Crippen LogP contribution in [0.4, 0.5) is 5.69 Å².